The van der Waals surface area contributed by atoms with Gasteiger partial charge in [-0.2, -0.15) is 5.10 Å². The van der Waals surface area contributed by atoms with Gasteiger partial charge in [0.25, 0.3) is 0 Å². The molecule has 11 heteroatoms. The molecule has 1 amide bonds. The van der Waals surface area contributed by atoms with Gasteiger partial charge in [-0.05, 0) is 62.4 Å². The standard InChI is InChI=1S/C33H36FN5O5/c1-21-17-25(18-22(2)27(21)34)39-29(37-14-13-35-30(37)40)26-23(3)38(31(41)42-19-24-7-5-4-6-8-24)20-32(28(26)36-39)9-11-33(12-10-32)43-15-16-44-33/h4-8,13-14,17-18,23H,9-12,15-16,19-20H2,1-3H3,(H,35,40)/t23-/m0/s1. The van der Waals surface area contributed by atoms with E-state index in [1.807, 2.05) is 37.3 Å². The number of hydrogen-bond acceptors (Lipinski definition) is 6. The molecule has 1 aliphatic carbocycles. The first-order valence-electron chi connectivity index (χ1n) is 15.1. The quantitative estimate of drug-likeness (QED) is 0.337. The van der Waals surface area contributed by atoms with Crippen molar-refractivity contribution in [3.63, 3.8) is 0 Å². The number of nitrogens with one attached hydrogen (secondary N) is 1. The Morgan fingerprint density at radius 2 is 1.77 bits per heavy atom. The maximum absolute atomic E-state index is 14.7. The van der Waals surface area contributed by atoms with E-state index >= 15 is 0 Å². The second-order valence-electron chi connectivity index (χ2n) is 12.3. The van der Waals surface area contributed by atoms with E-state index in [0.29, 0.717) is 68.1 Å². The lowest BCUT2D eigenvalue weighted by molar-refractivity contribution is -0.187. The van der Waals surface area contributed by atoms with Crippen molar-refractivity contribution in [2.24, 2.45) is 0 Å². The van der Waals surface area contributed by atoms with Gasteiger partial charge in [-0.25, -0.2) is 18.7 Å². The van der Waals surface area contributed by atoms with Crippen LogP contribution in [0.2, 0.25) is 0 Å². The fourth-order valence-electron chi connectivity index (χ4n) is 7.15. The van der Waals surface area contributed by atoms with Crippen LogP contribution in [0.4, 0.5) is 9.18 Å². The van der Waals surface area contributed by atoms with Gasteiger partial charge in [0.05, 0.1) is 30.6 Å². The monoisotopic (exact) mass is 601 g/mol. The zero-order chi connectivity index (χ0) is 30.6. The largest absolute Gasteiger partial charge is 0.445 e. The lowest BCUT2D eigenvalue weighted by Gasteiger charge is -2.49. The molecule has 7 rings (SSSR count). The number of benzene rings is 2. The highest BCUT2D eigenvalue weighted by molar-refractivity contribution is 5.70. The molecule has 10 nitrogen and oxygen atoms in total. The molecule has 2 aliphatic heterocycles. The molecule has 44 heavy (non-hydrogen) atoms. The molecule has 1 saturated heterocycles. The van der Waals surface area contributed by atoms with Crippen molar-refractivity contribution in [3.05, 3.63) is 99.1 Å². The number of imidazole rings is 1. The molecule has 4 aromatic rings. The Labute approximate surface area is 254 Å². The van der Waals surface area contributed by atoms with Gasteiger partial charge in [0.2, 0.25) is 0 Å². The summed E-state index contributed by atoms with van der Waals surface area (Å²) in [6.07, 6.45) is 5.41. The van der Waals surface area contributed by atoms with E-state index < -0.39 is 23.3 Å². The molecular formula is C33H36FN5O5. The van der Waals surface area contributed by atoms with Crippen molar-refractivity contribution in [2.75, 3.05) is 19.8 Å². The van der Waals surface area contributed by atoms with Crippen molar-refractivity contribution in [1.29, 1.82) is 0 Å². The van der Waals surface area contributed by atoms with Gasteiger partial charge in [0.1, 0.15) is 18.2 Å². The van der Waals surface area contributed by atoms with Crippen LogP contribution in [0.15, 0.2) is 59.7 Å². The van der Waals surface area contributed by atoms with E-state index in [2.05, 4.69) is 4.98 Å². The first-order valence-corrected chi connectivity index (χ1v) is 15.1. The number of halogens is 1. The molecule has 2 fully saturated rings. The van der Waals surface area contributed by atoms with Gasteiger partial charge in [-0.15, -0.1) is 0 Å². The molecule has 1 N–H and O–H groups in total. The molecule has 0 radical (unpaired) electrons. The third kappa shape index (κ3) is 4.66. The number of rotatable bonds is 4. The number of aromatic amines is 1. The van der Waals surface area contributed by atoms with Crippen LogP contribution in [0.25, 0.3) is 11.5 Å². The first kappa shape index (κ1) is 28.5. The number of ether oxygens (including phenoxy) is 3. The SMILES string of the molecule is Cc1cc(-n2nc3c(c2-n2cc[nH]c2=O)[C@H](C)N(C(=O)OCc2ccccc2)CC32CCC3(CC2)OCCO3)cc(C)c1F. The number of amides is 1. The van der Waals surface area contributed by atoms with E-state index in [-0.39, 0.29) is 18.1 Å². The summed E-state index contributed by atoms with van der Waals surface area (Å²) in [5.41, 5.74) is 3.18. The summed E-state index contributed by atoms with van der Waals surface area (Å²) in [5.74, 6) is -0.392. The number of H-pyrrole nitrogens is 1. The van der Waals surface area contributed by atoms with Crippen molar-refractivity contribution in [1.82, 2.24) is 24.2 Å². The Hall–Kier alpha value is -4.22. The maximum atomic E-state index is 14.7. The van der Waals surface area contributed by atoms with Crippen LogP contribution in [0.5, 0.6) is 0 Å². The summed E-state index contributed by atoms with van der Waals surface area (Å²) < 4.78 is 36.0. The summed E-state index contributed by atoms with van der Waals surface area (Å²) in [7, 11) is 0. The molecule has 2 spiro atoms. The smallest absolute Gasteiger partial charge is 0.410 e. The molecule has 3 aliphatic rings. The van der Waals surface area contributed by atoms with Crippen molar-refractivity contribution >= 4 is 6.09 Å². The third-order valence-corrected chi connectivity index (χ3v) is 9.52. The Morgan fingerprint density at radius 1 is 1.09 bits per heavy atom. The number of hydrogen-bond donors (Lipinski definition) is 1. The highest BCUT2D eigenvalue weighted by atomic mass is 19.1. The topological polar surface area (TPSA) is 104 Å². The van der Waals surface area contributed by atoms with Crippen LogP contribution < -0.4 is 5.69 Å². The number of aryl methyl sites for hydroxylation is 2. The van der Waals surface area contributed by atoms with Crippen molar-refractivity contribution in [2.45, 2.75) is 70.3 Å². The summed E-state index contributed by atoms with van der Waals surface area (Å²) in [4.78, 5) is 31.5. The molecule has 230 valence electrons. The van der Waals surface area contributed by atoms with Crippen LogP contribution in [0.3, 0.4) is 0 Å². The second kappa shape index (κ2) is 10.7. The van der Waals surface area contributed by atoms with Gasteiger partial charge in [0.15, 0.2) is 5.79 Å². The Balaban J connectivity index is 1.38. The van der Waals surface area contributed by atoms with E-state index in [0.717, 1.165) is 16.8 Å². The molecule has 0 bridgehead atoms. The molecule has 2 aromatic heterocycles. The van der Waals surface area contributed by atoms with E-state index in [9.17, 15) is 14.0 Å². The molecule has 0 unspecified atom stereocenters. The lowest BCUT2D eigenvalue weighted by atomic mass is 9.66. The average Bonchev–Trinajstić information content (AvgIpc) is 3.77. The second-order valence-corrected chi connectivity index (χ2v) is 12.3. The number of carbonyl (C=O) groups is 1. The zero-order valence-electron chi connectivity index (χ0n) is 25.1. The normalized spacial score (nSPS) is 20.3. The summed E-state index contributed by atoms with van der Waals surface area (Å²) in [5, 5.41) is 5.22. The molecule has 1 saturated carbocycles. The van der Waals surface area contributed by atoms with Gasteiger partial charge >= 0.3 is 11.8 Å². The van der Waals surface area contributed by atoms with Crippen LogP contribution in [0, 0.1) is 19.7 Å². The predicted octanol–water partition coefficient (Wildman–Crippen LogP) is 5.38. The minimum atomic E-state index is -0.624. The molecule has 2 aromatic carbocycles. The van der Waals surface area contributed by atoms with Gasteiger partial charge in [-0.3, -0.25) is 4.57 Å². The average molecular weight is 602 g/mol. The number of nitrogens with zero attached hydrogens (tertiary/aromatic N) is 4. The van der Waals surface area contributed by atoms with Gasteiger partial charge < -0.3 is 24.1 Å². The van der Waals surface area contributed by atoms with E-state index in [1.165, 1.54) is 4.57 Å². The maximum Gasteiger partial charge on any atom is 0.410 e. The zero-order valence-corrected chi connectivity index (χ0v) is 25.1. The van der Waals surface area contributed by atoms with Gasteiger partial charge in [-0.1, -0.05) is 30.3 Å². The summed E-state index contributed by atoms with van der Waals surface area (Å²) >= 11 is 0. The Morgan fingerprint density at radius 3 is 2.41 bits per heavy atom. The van der Waals surface area contributed by atoms with Crippen LogP contribution in [0.1, 0.15) is 66.6 Å². The minimum Gasteiger partial charge on any atom is -0.445 e. The van der Waals surface area contributed by atoms with E-state index in [1.54, 1.807) is 48.0 Å². The van der Waals surface area contributed by atoms with Crippen LogP contribution >= 0.6 is 0 Å². The van der Waals surface area contributed by atoms with E-state index in [4.69, 9.17) is 19.3 Å². The van der Waals surface area contributed by atoms with Gasteiger partial charge in [0, 0.05) is 42.8 Å². The number of fused-ring (bicyclic) bond motifs is 2. The number of aromatic nitrogens is 4. The highest BCUT2D eigenvalue weighted by Gasteiger charge is 2.54. The van der Waals surface area contributed by atoms with Crippen molar-refractivity contribution in [3.8, 4) is 11.5 Å². The fraction of sp³-hybridized carbons (Fsp3) is 0.424. The number of carbonyl (C=O) groups excluding carboxylic acids is 1. The first-order chi connectivity index (χ1) is 21.2. The van der Waals surface area contributed by atoms with Crippen LogP contribution in [-0.2, 0) is 26.2 Å². The summed E-state index contributed by atoms with van der Waals surface area (Å²) in [6.45, 7) is 7.03. The molecule has 4 heterocycles. The Kier molecular flexibility index (Phi) is 6.97. The Bertz CT molecular complexity index is 1740. The van der Waals surface area contributed by atoms with Crippen LogP contribution in [-0.4, -0.2) is 55.9 Å². The highest BCUT2D eigenvalue weighted by Crippen LogP contribution is 2.52. The predicted molar refractivity (Wildman–Crippen MR) is 159 cm³/mol. The lowest BCUT2D eigenvalue weighted by Crippen LogP contribution is -2.53. The third-order valence-electron chi connectivity index (χ3n) is 9.52. The molecular weight excluding hydrogens is 565 g/mol. The van der Waals surface area contributed by atoms with Crippen molar-refractivity contribution < 1.29 is 23.4 Å². The summed E-state index contributed by atoms with van der Waals surface area (Å²) in [6, 6.07) is 12.6. The minimum absolute atomic E-state index is 0.144. The molecule has 1 atom stereocenters. The fourth-order valence-corrected chi connectivity index (χ4v) is 7.15.